The lowest BCUT2D eigenvalue weighted by molar-refractivity contribution is 0.0741. The number of likely N-dealkylation sites (tertiary alicyclic amines) is 1. The van der Waals surface area contributed by atoms with Crippen molar-refractivity contribution in [2.24, 2.45) is 17.6 Å². The predicted molar refractivity (Wildman–Crippen MR) is 101 cm³/mol. The van der Waals surface area contributed by atoms with E-state index in [0.29, 0.717) is 43.6 Å². The molecule has 7 heteroatoms. The maximum absolute atomic E-state index is 13.1. The van der Waals surface area contributed by atoms with Gasteiger partial charge < -0.3 is 10.6 Å². The summed E-state index contributed by atoms with van der Waals surface area (Å²) in [5, 5.41) is 0. The molecular formula is C19H29N3O3S. The van der Waals surface area contributed by atoms with E-state index >= 15 is 0 Å². The normalized spacial score (nSPS) is 27.7. The summed E-state index contributed by atoms with van der Waals surface area (Å²) in [6.07, 6.45) is 2.89. The monoisotopic (exact) mass is 379 g/mol. The molecule has 26 heavy (non-hydrogen) atoms. The van der Waals surface area contributed by atoms with Gasteiger partial charge in [0.25, 0.3) is 5.91 Å². The van der Waals surface area contributed by atoms with Gasteiger partial charge in [-0.3, -0.25) is 4.79 Å². The Kier molecular flexibility index (Phi) is 5.69. The van der Waals surface area contributed by atoms with Crippen LogP contribution in [-0.4, -0.2) is 55.8 Å². The third-order valence-corrected chi connectivity index (χ3v) is 7.29. The summed E-state index contributed by atoms with van der Waals surface area (Å²) in [4.78, 5) is 14.8. The molecule has 6 nitrogen and oxygen atoms in total. The molecular weight excluding hydrogens is 350 g/mol. The van der Waals surface area contributed by atoms with Gasteiger partial charge in [-0.1, -0.05) is 19.9 Å². The van der Waals surface area contributed by atoms with E-state index in [1.54, 1.807) is 27.4 Å². The van der Waals surface area contributed by atoms with Gasteiger partial charge in [0.2, 0.25) is 10.0 Å². The summed E-state index contributed by atoms with van der Waals surface area (Å²) >= 11 is 0. The Balaban J connectivity index is 1.85. The summed E-state index contributed by atoms with van der Waals surface area (Å²) in [6, 6.07) is 6.50. The summed E-state index contributed by atoms with van der Waals surface area (Å²) < 4.78 is 27.7. The van der Waals surface area contributed by atoms with Crippen molar-refractivity contribution in [3.8, 4) is 0 Å². The molecule has 0 bridgehead atoms. The first-order valence-electron chi connectivity index (χ1n) is 9.44. The molecule has 1 aromatic rings. The van der Waals surface area contributed by atoms with Gasteiger partial charge >= 0.3 is 0 Å². The molecule has 3 unspecified atom stereocenters. The highest BCUT2D eigenvalue weighted by atomic mass is 32.2. The topological polar surface area (TPSA) is 83.7 Å². The minimum Gasteiger partial charge on any atom is -0.334 e. The van der Waals surface area contributed by atoms with E-state index in [1.165, 1.54) is 6.07 Å². The number of sulfonamides is 1. The van der Waals surface area contributed by atoms with Crippen molar-refractivity contribution in [1.29, 1.82) is 0 Å². The molecule has 3 rings (SSSR count). The lowest BCUT2D eigenvalue weighted by atomic mass is 9.94. The van der Waals surface area contributed by atoms with Crippen LogP contribution >= 0.6 is 0 Å². The minimum atomic E-state index is -3.59. The van der Waals surface area contributed by atoms with Crippen molar-refractivity contribution in [3.63, 3.8) is 0 Å². The molecule has 2 saturated heterocycles. The van der Waals surface area contributed by atoms with Gasteiger partial charge in [0.1, 0.15) is 0 Å². The molecule has 0 aromatic heterocycles. The number of hydrogen-bond donors (Lipinski definition) is 1. The molecule has 2 fully saturated rings. The third kappa shape index (κ3) is 3.80. The van der Waals surface area contributed by atoms with Gasteiger partial charge in [0, 0.05) is 37.8 Å². The van der Waals surface area contributed by atoms with E-state index in [9.17, 15) is 13.2 Å². The zero-order valence-corrected chi connectivity index (χ0v) is 16.4. The number of nitrogens with zero attached hydrogens (tertiary/aromatic N) is 2. The number of rotatable bonds is 4. The zero-order valence-electron chi connectivity index (χ0n) is 15.6. The smallest absolute Gasteiger partial charge is 0.254 e. The maximum atomic E-state index is 13.1. The van der Waals surface area contributed by atoms with Crippen LogP contribution in [0.15, 0.2) is 29.2 Å². The Labute approximate surface area is 156 Å². The van der Waals surface area contributed by atoms with Crippen molar-refractivity contribution in [2.75, 3.05) is 26.2 Å². The second kappa shape index (κ2) is 7.66. The largest absolute Gasteiger partial charge is 0.334 e. The van der Waals surface area contributed by atoms with E-state index in [4.69, 9.17) is 5.73 Å². The number of amides is 1. The number of benzene rings is 1. The molecule has 144 valence electrons. The van der Waals surface area contributed by atoms with Crippen LogP contribution in [0.4, 0.5) is 0 Å². The Morgan fingerprint density at radius 1 is 1.23 bits per heavy atom. The first-order valence-corrected chi connectivity index (χ1v) is 10.9. The number of hydrogen-bond acceptors (Lipinski definition) is 4. The Hall–Kier alpha value is -1.44. The number of piperidine rings is 1. The molecule has 2 N–H and O–H groups in total. The highest BCUT2D eigenvalue weighted by molar-refractivity contribution is 7.89. The van der Waals surface area contributed by atoms with Gasteiger partial charge in [0.05, 0.1) is 4.90 Å². The van der Waals surface area contributed by atoms with Gasteiger partial charge in [-0.15, -0.1) is 0 Å². The van der Waals surface area contributed by atoms with Crippen LogP contribution in [0.5, 0.6) is 0 Å². The van der Waals surface area contributed by atoms with E-state index in [2.05, 4.69) is 13.8 Å². The average molecular weight is 380 g/mol. The number of carbonyl (C=O) groups is 1. The standard InChI is InChI=1S/C19H29N3O3S/c1-14-9-15(2)13-21(12-14)26(24,25)18-7-3-5-16(10-18)19(23)22-8-4-6-17(22)11-20/h3,5,7,10,14-15,17H,4,6,8-9,11-13,20H2,1-2H3. The SMILES string of the molecule is CC1CC(C)CN(S(=O)(=O)c2cccc(C(=O)N3CCCC3CN)c2)C1. The summed E-state index contributed by atoms with van der Waals surface area (Å²) in [5.74, 6) is 0.553. The molecule has 2 heterocycles. The molecule has 0 aliphatic carbocycles. The maximum Gasteiger partial charge on any atom is 0.254 e. The van der Waals surface area contributed by atoms with Crippen molar-refractivity contribution >= 4 is 15.9 Å². The van der Waals surface area contributed by atoms with E-state index in [-0.39, 0.29) is 16.8 Å². The summed E-state index contributed by atoms with van der Waals surface area (Å²) in [7, 11) is -3.59. The first kappa shape index (κ1) is 19.3. The minimum absolute atomic E-state index is 0.0477. The van der Waals surface area contributed by atoms with Crippen LogP contribution in [0.1, 0.15) is 43.5 Å². The lowest BCUT2D eigenvalue weighted by Gasteiger charge is -2.34. The highest BCUT2D eigenvalue weighted by Crippen LogP contribution is 2.27. The molecule has 0 spiro atoms. The summed E-state index contributed by atoms with van der Waals surface area (Å²) in [5.41, 5.74) is 6.19. The lowest BCUT2D eigenvalue weighted by Crippen LogP contribution is -2.42. The van der Waals surface area contributed by atoms with Crippen molar-refractivity contribution in [2.45, 2.75) is 44.0 Å². The fourth-order valence-electron chi connectivity index (χ4n) is 4.25. The molecule has 0 radical (unpaired) electrons. The Bertz CT molecular complexity index is 755. The predicted octanol–water partition coefficient (Wildman–Crippen LogP) is 1.92. The van der Waals surface area contributed by atoms with Crippen LogP contribution in [0, 0.1) is 11.8 Å². The van der Waals surface area contributed by atoms with Gasteiger partial charge in [-0.05, 0) is 49.3 Å². The zero-order chi connectivity index (χ0) is 18.9. The van der Waals surface area contributed by atoms with Gasteiger partial charge in [-0.2, -0.15) is 4.31 Å². The molecule has 0 saturated carbocycles. The highest BCUT2D eigenvalue weighted by Gasteiger charge is 2.33. The molecule has 1 aromatic carbocycles. The van der Waals surface area contributed by atoms with E-state index in [0.717, 1.165) is 19.3 Å². The summed E-state index contributed by atoms with van der Waals surface area (Å²) in [6.45, 7) is 6.35. The van der Waals surface area contributed by atoms with Crippen LogP contribution in [0.3, 0.4) is 0 Å². The number of carbonyl (C=O) groups excluding carboxylic acids is 1. The van der Waals surface area contributed by atoms with Crippen molar-refractivity contribution < 1.29 is 13.2 Å². The average Bonchev–Trinajstić information content (AvgIpc) is 3.09. The Morgan fingerprint density at radius 3 is 2.58 bits per heavy atom. The van der Waals surface area contributed by atoms with Crippen molar-refractivity contribution in [1.82, 2.24) is 9.21 Å². The second-order valence-electron chi connectivity index (χ2n) is 7.83. The third-order valence-electron chi connectivity index (χ3n) is 5.46. The van der Waals surface area contributed by atoms with Crippen LogP contribution in [-0.2, 0) is 10.0 Å². The van der Waals surface area contributed by atoms with Crippen LogP contribution in [0.25, 0.3) is 0 Å². The van der Waals surface area contributed by atoms with Gasteiger partial charge in [0.15, 0.2) is 0 Å². The van der Waals surface area contributed by atoms with E-state index in [1.807, 2.05) is 0 Å². The Morgan fingerprint density at radius 2 is 1.92 bits per heavy atom. The number of nitrogens with two attached hydrogens (primary N) is 1. The van der Waals surface area contributed by atoms with E-state index < -0.39 is 10.0 Å². The fraction of sp³-hybridized carbons (Fsp3) is 0.632. The molecule has 3 atom stereocenters. The quantitative estimate of drug-likeness (QED) is 0.866. The van der Waals surface area contributed by atoms with Crippen LogP contribution in [0.2, 0.25) is 0 Å². The van der Waals surface area contributed by atoms with Crippen molar-refractivity contribution in [3.05, 3.63) is 29.8 Å². The van der Waals surface area contributed by atoms with Crippen LogP contribution < -0.4 is 5.73 Å². The molecule has 1 amide bonds. The molecule has 2 aliphatic heterocycles. The van der Waals surface area contributed by atoms with Gasteiger partial charge in [-0.25, -0.2) is 8.42 Å². The first-order chi connectivity index (χ1) is 12.3. The fourth-order valence-corrected chi connectivity index (χ4v) is 5.98. The second-order valence-corrected chi connectivity index (χ2v) is 9.76. The molecule has 2 aliphatic rings.